The molecule has 0 amide bonds. The summed E-state index contributed by atoms with van der Waals surface area (Å²) in [6.45, 7) is 0.109. The van der Waals surface area contributed by atoms with E-state index >= 15 is 0 Å². The van der Waals surface area contributed by atoms with E-state index in [-0.39, 0.29) is 18.5 Å². The molecule has 2 rings (SSSR count). The first-order valence-corrected chi connectivity index (χ1v) is 6.99. The maximum absolute atomic E-state index is 10.0. The van der Waals surface area contributed by atoms with E-state index in [0.29, 0.717) is 25.7 Å². The predicted molar refractivity (Wildman–Crippen MR) is 73.4 cm³/mol. The zero-order chi connectivity index (χ0) is 14.5. The molecule has 4 unspecified atom stereocenters. The SMILES string of the molecule is Oc1ccccc1CCC(O)CC1CC(O)C(O)CO1. The molecule has 1 aromatic carbocycles. The van der Waals surface area contributed by atoms with E-state index in [1.807, 2.05) is 12.1 Å². The minimum absolute atomic E-state index is 0.109. The molecule has 0 saturated carbocycles. The molecule has 1 aliphatic rings. The second-order valence-corrected chi connectivity index (χ2v) is 5.38. The smallest absolute Gasteiger partial charge is 0.118 e. The fourth-order valence-corrected chi connectivity index (χ4v) is 2.47. The van der Waals surface area contributed by atoms with Gasteiger partial charge in [0.15, 0.2) is 0 Å². The molecule has 1 aliphatic heterocycles. The van der Waals surface area contributed by atoms with Crippen molar-refractivity contribution in [3.63, 3.8) is 0 Å². The normalized spacial score (nSPS) is 28.2. The Balaban J connectivity index is 1.76. The highest BCUT2D eigenvalue weighted by molar-refractivity contribution is 5.31. The summed E-state index contributed by atoms with van der Waals surface area (Å²) in [6, 6.07) is 7.07. The van der Waals surface area contributed by atoms with Gasteiger partial charge in [-0.15, -0.1) is 0 Å². The van der Waals surface area contributed by atoms with Crippen LogP contribution >= 0.6 is 0 Å². The average Bonchev–Trinajstić information content (AvgIpc) is 2.42. The summed E-state index contributed by atoms with van der Waals surface area (Å²) in [5.74, 6) is 0.243. The number of hydrogen-bond acceptors (Lipinski definition) is 5. The van der Waals surface area contributed by atoms with Gasteiger partial charge >= 0.3 is 0 Å². The predicted octanol–water partition coefficient (Wildman–Crippen LogP) is 0.586. The second-order valence-electron chi connectivity index (χ2n) is 5.38. The fourth-order valence-electron chi connectivity index (χ4n) is 2.47. The van der Waals surface area contributed by atoms with Gasteiger partial charge in [0, 0.05) is 6.42 Å². The molecule has 4 N–H and O–H groups in total. The van der Waals surface area contributed by atoms with Gasteiger partial charge in [-0.2, -0.15) is 0 Å². The molecule has 0 aliphatic carbocycles. The summed E-state index contributed by atoms with van der Waals surface area (Å²) < 4.78 is 5.39. The second kappa shape index (κ2) is 7.04. The molecule has 1 fully saturated rings. The third kappa shape index (κ3) is 4.18. The van der Waals surface area contributed by atoms with Crippen molar-refractivity contribution in [1.29, 1.82) is 0 Å². The molecule has 1 heterocycles. The molecule has 0 bridgehead atoms. The average molecular weight is 282 g/mol. The van der Waals surface area contributed by atoms with Crippen LogP contribution in [-0.2, 0) is 11.2 Å². The Morgan fingerprint density at radius 1 is 1.20 bits per heavy atom. The van der Waals surface area contributed by atoms with Crippen molar-refractivity contribution in [1.82, 2.24) is 0 Å². The largest absolute Gasteiger partial charge is 0.508 e. The molecule has 0 spiro atoms. The number of rotatable bonds is 5. The fraction of sp³-hybridized carbons (Fsp3) is 0.600. The molecule has 5 nitrogen and oxygen atoms in total. The van der Waals surface area contributed by atoms with Gasteiger partial charge in [-0.3, -0.25) is 0 Å². The Morgan fingerprint density at radius 3 is 2.65 bits per heavy atom. The third-order valence-corrected chi connectivity index (χ3v) is 3.72. The maximum atomic E-state index is 10.0. The van der Waals surface area contributed by atoms with Gasteiger partial charge in [0.05, 0.1) is 24.9 Å². The van der Waals surface area contributed by atoms with Crippen molar-refractivity contribution in [2.45, 2.75) is 50.1 Å². The monoisotopic (exact) mass is 282 g/mol. The molecular weight excluding hydrogens is 260 g/mol. The molecule has 1 saturated heterocycles. The van der Waals surface area contributed by atoms with Crippen LogP contribution in [0.5, 0.6) is 5.75 Å². The lowest BCUT2D eigenvalue weighted by atomic mass is 9.96. The number of aliphatic hydroxyl groups excluding tert-OH is 3. The van der Waals surface area contributed by atoms with Crippen LogP contribution in [0, 0.1) is 0 Å². The van der Waals surface area contributed by atoms with Crippen LogP contribution in [-0.4, -0.2) is 51.4 Å². The molecule has 0 aromatic heterocycles. The van der Waals surface area contributed by atoms with Crippen LogP contribution in [0.4, 0.5) is 0 Å². The lowest BCUT2D eigenvalue weighted by molar-refractivity contribution is -0.129. The van der Waals surface area contributed by atoms with Crippen LogP contribution in [0.1, 0.15) is 24.8 Å². The number of phenolic OH excluding ortho intramolecular Hbond substituents is 1. The zero-order valence-corrected chi connectivity index (χ0v) is 11.4. The van der Waals surface area contributed by atoms with Gasteiger partial charge in [-0.25, -0.2) is 0 Å². The van der Waals surface area contributed by atoms with E-state index in [0.717, 1.165) is 5.56 Å². The Kier molecular flexibility index (Phi) is 5.37. The number of aliphatic hydroxyl groups is 3. The summed E-state index contributed by atoms with van der Waals surface area (Å²) in [5.41, 5.74) is 0.812. The number of phenols is 1. The van der Waals surface area contributed by atoms with Crippen LogP contribution in [0.25, 0.3) is 0 Å². The van der Waals surface area contributed by atoms with E-state index in [4.69, 9.17) is 4.74 Å². The lowest BCUT2D eigenvalue weighted by Gasteiger charge is -2.31. The Labute approximate surface area is 118 Å². The molecular formula is C15H22O5. The van der Waals surface area contributed by atoms with Crippen molar-refractivity contribution in [3.05, 3.63) is 29.8 Å². The number of hydrogen-bond donors (Lipinski definition) is 4. The number of aromatic hydroxyl groups is 1. The van der Waals surface area contributed by atoms with E-state index in [2.05, 4.69) is 0 Å². The lowest BCUT2D eigenvalue weighted by Crippen LogP contribution is -2.42. The van der Waals surface area contributed by atoms with Crippen molar-refractivity contribution >= 4 is 0 Å². The maximum Gasteiger partial charge on any atom is 0.118 e. The third-order valence-electron chi connectivity index (χ3n) is 3.72. The van der Waals surface area contributed by atoms with E-state index < -0.39 is 18.3 Å². The summed E-state index contributed by atoms with van der Waals surface area (Å²) in [7, 11) is 0. The summed E-state index contributed by atoms with van der Waals surface area (Å²) in [6.07, 6.45) is -0.507. The summed E-state index contributed by atoms with van der Waals surface area (Å²) in [5, 5.41) is 38.5. The van der Waals surface area contributed by atoms with E-state index in [1.54, 1.807) is 12.1 Å². The van der Waals surface area contributed by atoms with E-state index in [9.17, 15) is 20.4 Å². The van der Waals surface area contributed by atoms with Crippen molar-refractivity contribution in [3.8, 4) is 5.75 Å². The van der Waals surface area contributed by atoms with Gasteiger partial charge < -0.3 is 25.2 Å². The van der Waals surface area contributed by atoms with Crippen molar-refractivity contribution < 1.29 is 25.2 Å². The van der Waals surface area contributed by atoms with Crippen molar-refractivity contribution in [2.75, 3.05) is 6.61 Å². The minimum Gasteiger partial charge on any atom is -0.508 e. The Bertz CT molecular complexity index is 422. The standard InChI is InChI=1S/C15H22O5/c16-11(6-5-10-3-1-2-4-13(10)17)7-12-8-14(18)15(19)9-20-12/h1-4,11-12,14-19H,5-9H2. The van der Waals surface area contributed by atoms with Crippen LogP contribution < -0.4 is 0 Å². The topological polar surface area (TPSA) is 90.2 Å². The summed E-state index contributed by atoms with van der Waals surface area (Å²) >= 11 is 0. The molecule has 1 aromatic rings. The zero-order valence-electron chi connectivity index (χ0n) is 11.4. The van der Waals surface area contributed by atoms with Gasteiger partial charge in [0.25, 0.3) is 0 Å². The number of aryl methyl sites for hydroxylation is 1. The highest BCUT2D eigenvalue weighted by Crippen LogP contribution is 2.22. The Hall–Kier alpha value is -1.14. The highest BCUT2D eigenvalue weighted by atomic mass is 16.5. The quantitative estimate of drug-likeness (QED) is 0.634. The van der Waals surface area contributed by atoms with Crippen molar-refractivity contribution in [2.24, 2.45) is 0 Å². The minimum atomic E-state index is -0.829. The van der Waals surface area contributed by atoms with E-state index in [1.165, 1.54) is 0 Å². The first-order valence-electron chi connectivity index (χ1n) is 6.99. The van der Waals surface area contributed by atoms with Gasteiger partial charge in [-0.1, -0.05) is 18.2 Å². The molecule has 112 valence electrons. The number of benzene rings is 1. The molecule has 5 heteroatoms. The Morgan fingerprint density at radius 2 is 1.95 bits per heavy atom. The van der Waals surface area contributed by atoms with Gasteiger partial charge in [0.1, 0.15) is 11.9 Å². The first-order chi connectivity index (χ1) is 9.56. The van der Waals surface area contributed by atoms with Gasteiger partial charge in [-0.05, 0) is 30.9 Å². The van der Waals surface area contributed by atoms with Gasteiger partial charge in [0.2, 0.25) is 0 Å². The van der Waals surface area contributed by atoms with Crippen LogP contribution in [0.2, 0.25) is 0 Å². The summed E-state index contributed by atoms with van der Waals surface area (Å²) in [4.78, 5) is 0. The first kappa shape index (κ1) is 15.3. The number of ether oxygens (including phenoxy) is 1. The van der Waals surface area contributed by atoms with Crippen LogP contribution in [0.15, 0.2) is 24.3 Å². The molecule has 0 radical (unpaired) electrons. The molecule has 20 heavy (non-hydrogen) atoms. The molecule has 4 atom stereocenters. The number of para-hydroxylation sites is 1. The highest BCUT2D eigenvalue weighted by Gasteiger charge is 2.29. The van der Waals surface area contributed by atoms with Crippen LogP contribution in [0.3, 0.4) is 0 Å².